The zero-order valence-electron chi connectivity index (χ0n) is 15.2. The van der Waals surface area contributed by atoms with Gasteiger partial charge >= 0.3 is 0 Å². The van der Waals surface area contributed by atoms with Gasteiger partial charge in [-0.2, -0.15) is 0 Å². The molecule has 3 rings (SSSR count). The van der Waals surface area contributed by atoms with Crippen molar-refractivity contribution in [3.05, 3.63) is 88.4 Å². The summed E-state index contributed by atoms with van der Waals surface area (Å²) >= 11 is 3.35. The van der Waals surface area contributed by atoms with Crippen LogP contribution in [0.15, 0.2) is 77.3 Å². The van der Waals surface area contributed by atoms with E-state index in [0.717, 1.165) is 10.0 Å². The molecule has 0 radical (unpaired) electrons. The van der Waals surface area contributed by atoms with Crippen molar-refractivity contribution >= 4 is 39.1 Å². The van der Waals surface area contributed by atoms with Gasteiger partial charge in [0.15, 0.2) is 6.61 Å². The molecule has 2 N–H and O–H groups in total. The van der Waals surface area contributed by atoms with Gasteiger partial charge in [0.1, 0.15) is 5.75 Å². The topological polar surface area (TPSA) is 67.4 Å². The average Bonchev–Trinajstić information content (AvgIpc) is 2.70. The molecule has 3 aromatic carbocycles. The molecule has 0 atom stereocenters. The SMILES string of the molecule is Cc1ccc(NC(=O)COc2ccccc2)c(NC(=O)c2ccc(Br)cc2)c1. The number of rotatable bonds is 6. The number of aryl methyl sites for hydroxylation is 1. The van der Waals surface area contributed by atoms with Gasteiger partial charge in [0, 0.05) is 10.0 Å². The lowest BCUT2D eigenvalue weighted by molar-refractivity contribution is -0.118. The molecule has 2 amide bonds. The molecule has 0 saturated carbocycles. The molecular weight excluding hydrogens is 420 g/mol. The van der Waals surface area contributed by atoms with Crippen LogP contribution in [0.4, 0.5) is 11.4 Å². The molecular formula is C22H19BrN2O3. The van der Waals surface area contributed by atoms with E-state index in [1.807, 2.05) is 37.3 Å². The summed E-state index contributed by atoms with van der Waals surface area (Å²) < 4.78 is 6.36. The molecule has 28 heavy (non-hydrogen) atoms. The van der Waals surface area contributed by atoms with Crippen molar-refractivity contribution in [1.29, 1.82) is 0 Å². The van der Waals surface area contributed by atoms with Crippen LogP contribution in [0.25, 0.3) is 0 Å². The molecule has 0 unspecified atom stereocenters. The first-order chi connectivity index (χ1) is 13.5. The third kappa shape index (κ3) is 5.44. The second-order valence-corrected chi connectivity index (χ2v) is 7.08. The normalized spacial score (nSPS) is 10.2. The predicted octanol–water partition coefficient (Wildman–Crippen LogP) is 5.03. The fourth-order valence-corrected chi connectivity index (χ4v) is 2.78. The highest BCUT2D eigenvalue weighted by Crippen LogP contribution is 2.24. The minimum atomic E-state index is -0.313. The highest BCUT2D eigenvalue weighted by Gasteiger charge is 2.12. The van der Waals surface area contributed by atoms with Crippen LogP contribution in [-0.2, 0) is 4.79 Å². The van der Waals surface area contributed by atoms with Gasteiger partial charge in [-0.25, -0.2) is 0 Å². The standard InChI is InChI=1S/C22H19BrN2O3/c1-15-7-12-19(24-21(26)14-28-18-5-3-2-4-6-18)20(13-15)25-22(27)16-8-10-17(23)11-9-16/h2-13H,14H2,1H3,(H,24,26)(H,25,27). The van der Waals surface area contributed by atoms with Gasteiger partial charge in [0.05, 0.1) is 11.4 Å². The molecule has 0 aliphatic carbocycles. The van der Waals surface area contributed by atoms with Gasteiger partial charge < -0.3 is 15.4 Å². The molecule has 142 valence electrons. The largest absolute Gasteiger partial charge is 0.484 e. The number of carbonyl (C=O) groups excluding carboxylic acids is 2. The Morgan fingerprint density at radius 1 is 0.893 bits per heavy atom. The number of ether oxygens (including phenoxy) is 1. The van der Waals surface area contributed by atoms with Crippen molar-refractivity contribution in [3.63, 3.8) is 0 Å². The Kier molecular flexibility index (Phi) is 6.45. The molecule has 0 aliphatic heterocycles. The van der Waals surface area contributed by atoms with Crippen LogP contribution in [0.3, 0.4) is 0 Å². The second kappa shape index (κ2) is 9.19. The Balaban J connectivity index is 1.68. The van der Waals surface area contributed by atoms with Crippen molar-refractivity contribution in [2.24, 2.45) is 0 Å². The minimum absolute atomic E-state index is 0.127. The molecule has 3 aromatic rings. The van der Waals surface area contributed by atoms with Gasteiger partial charge in [-0.05, 0) is 61.0 Å². The Hall–Kier alpha value is -3.12. The van der Waals surface area contributed by atoms with Crippen LogP contribution in [0.1, 0.15) is 15.9 Å². The molecule has 0 bridgehead atoms. The first-order valence-corrected chi connectivity index (χ1v) is 9.46. The summed E-state index contributed by atoms with van der Waals surface area (Å²) in [6, 6.07) is 21.6. The lowest BCUT2D eigenvalue weighted by atomic mass is 10.1. The van der Waals surface area contributed by atoms with E-state index in [4.69, 9.17) is 4.74 Å². The van der Waals surface area contributed by atoms with Crippen molar-refractivity contribution in [1.82, 2.24) is 0 Å². The fourth-order valence-electron chi connectivity index (χ4n) is 2.52. The third-order valence-electron chi connectivity index (χ3n) is 3.92. The van der Waals surface area contributed by atoms with E-state index < -0.39 is 0 Å². The number of hydrogen-bond acceptors (Lipinski definition) is 3. The van der Waals surface area contributed by atoms with E-state index >= 15 is 0 Å². The maximum atomic E-state index is 12.5. The second-order valence-electron chi connectivity index (χ2n) is 6.16. The van der Waals surface area contributed by atoms with Gasteiger partial charge in [0.25, 0.3) is 11.8 Å². The molecule has 0 heterocycles. The summed E-state index contributed by atoms with van der Waals surface area (Å²) in [6.45, 7) is 1.79. The average molecular weight is 439 g/mol. The molecule has 0 aromatic heterocycles. The number of anilines is 2. The Labute approximate surface area is 171 Å². The molecule has 0 fully saturated rings. The highest BCUT2D eigenvalue weighted by molar-refractivity contribution is 9.10. The van der Waals surface area contributed by atoms with Crippen LogP contribution in [-0.4, -0.2) is 18.4 Å². The monoisotopic (exact) mass is 438 g/mol. The molecule has 6 heteroatoms. The first kappa shape index (κ1) is 19.6. The van der Waals surface area contributed by atoms with Crippen molar-refractivity contribution in [3.8, 4) is 5.75 Å². The molecule has 5 nitrogen and oxygen atoms in total. The van der Waals surface area contributed by atoms with E-state index in [2.05, 4.69) is 26.6 Å². The molecule has 0 aliphatic rings. The van der Waals surface area contributed by atoms with Gasteiger partial charge in [-0.1, -0.05) is 40.2 Å². The summed E-state index contributed by atoms with van der Waals surface area (Å²) in [6.07, 6.45) is 0. The number of carbonyl (C=O) groups is 2. The van der Waals surface area contributed by atoms with Gasteiger partial charge in [-0.3, -0.25) is 9.59 Å². The molecule has 0 saturated heterocycles. The number of halogens is 1. The first-order valence-electron chi connectivity index (χ1n) is 8.66. The lowest BCUT2D eigenvalue weighted by Gasteiger charge is -2.14. The smallest absolute Gasteiger partial charge is 0.262 e. The maximum absolute atomic E-state index is 12.5. The van der Waals surface area contributed by atoms with Crippen LogP contribution in [0.2, 0.25) is 0 Å². The van der Waals surface area contributed by atoms with E-state index in [-0.39, 0.29) is 18.4 Å². The Bertz CT molecular complexity index is 973. The maximum Gasteiger partial charge on any atom is 0.262 e. The quantitative estimate of drug-likeness (QED) is 0.567. The Morgan fingerprint density at radius 3 is 2.32 bits per heavy atom. The van der Waals surface area contributed by atoms with Crippen LogP contribution >= 0.6 is 15.9 Å². The van der Waals surface area contributed by atoms with Crippen molar-refractivity contribution in [2.75, 3.05) is 17.2 Å². The number of hydrogen-bond donors (Lipinski definition) is 2. The summed E-state index contributed by atoms with van der Waals surface area (Å²) in [5.74, 6) is 0.0475. The number of amides is 2. The van der Waals surface area contributed by atoms with E-state index in [1.165, 1.54) is 0 Å². The summed E-state index contributed by atoms with van der Waals surface area (Å²) in [5.41, 5.74) is 2.53. The highest BCUT2D eigenvalue weighted by atomic mass is 79.9. The van der Waals surface area contributed by atoms with E-state index in [0.29, 0.717) is 22.7 Å². The van der Waals surface area contributed by atoms with Gasteiger partial charge in [0.2, 0.25) is 0 Å². The summed E-state index contributed by atoms with van der Waals surface area (Å²) in [4.78, 5) is 24.8. The van der Waals surface area contributed by atoms with Crippen LogP contribution < -0.4 is 15.4 Å². The number of nitrogens with one attached hydrogen (secondary N) is 2. The van der Waals surface area contributed by atoms with E-state index in [9.17, 15) is 9.59 Å². The van der Waals surface area contributed by atoms with Crippen molar-refractivity contribution < 1.29 is 14.3 Å². The summed E-state index contributed by atoms with van der Waals surface area (Å²) in [7, 11) is 0. The van der Waals surface area contributed by atoms with Gasteiger partial charge in [-0.15, -0.1) is 0 Å². The predicted molar refractivity (Wildman–Crippen MR) is 114 cm³/mol. The van der Waals surface area contributed by atoms with E-state index in [1.54, 1.807) is 42.5 Å². The third-order valence-corrected chi connectivity index (χ3v) is 4.45. The number of benzene rings is 3. The lowest BCUT2D eigenvalue weighted by Crippen LogP contribution is -2.21. The fraction of sp³-hybridized carbons (Fsp3) is 0.0909. The summed E-state index contributed by atoms with van der Waals surface area (Å²) in [5, 5.41) is 5.64. The minimum Gasteiger partial charge on any atom is -0.484 e. The van der Waals surface area contributed by atoms with Crippen molar-refractivity contribution in [2.45, 2.75) is 6.92 Å². The van der Waals surface area contributed by atoms with Crippen LogP contribution in [0, 0.1) is 6.92 Å². The zero-order chi connectivity index (χ0) is 19.9. The Morgan fingerprint density at radius 2 is 1.61 bits per heavy atom. The molecule has 0 spiro atoms. The zero-order valence-corrected chi connectivity index (χ0v) is 16.8. The van der Waals surface area contributed by atoms with Crippen LogP contribution in [0.5, 0.6) is 5.75 Å². The number of para-hydroxylation sites is 1.